The molecule has 2 aromatic heterocycles. The van der Waals surface area contributed by atoms with E-state index in [1.54, 1.807) is 10.6 Å². The van der Waals surface area contributed by atoms with Crippen molar-refractivity contribution in [3.8, 4) is 0 Å². The van der Waals surface area contributed by atoms with Crippen LogP contribution in [0.5, 0.6) is 0 Å². The van der Waals surface area contributed by atoms with Crippen molar-refractivity contribution >= 4 is 33.2 Å². The first-order valence-corrected chi connectivity index (χ1v) is 5.62. The number of halogens is 2. The fraction of sp³-hybridized carbons (Fsp3) is 0.333. The predicted octanol–water partition coefficient (Wildman–Crippen LogP) is 3.02. The molecule has 2 aromatic rings. The van der Waals surface area contributed by atoms with Crippen molar-refractivity contribution in [3.63, 3.8) is 0 Å². The van der Waals surface area contributed by atoms with Crippen LogP contribution in [0.25, 0.3) is 5.65 Å². The summed E-state index contributed by atoms with van der Waals surface area (Å²) in [4.78, 5) is 4.51. The van der Waals surface area contributed by atoms with E-state index >= 15 is 0 Å². The summed E-state index contributed by atoms with van der Waals surface area (Å²) in [5, 5.41) is 4.63. The monoisotopic (exact) mass is 271 g/mol. The smallest absolute Gasteiger partial charge is 0.168 e. The Morgan fingerprint density at radius 1 is 1.50 bits per heavy atom. The summed E-state index contributed by atoms with van der Waals surface area (Å²) in [6, 6.07) is 1.76. The van der Waals surface area contributed by atoms with Gasteiger partial charge in [-0.25, -0.2) is 9.50 Å². The van der Waals surface area contributed by atoms with Gasteiger partial charge in [0.05, 0.1) is 16.4 Å². The van der Waals surface area contributed by atoms with Gasteiger partial charge in [-0.3, -0.25) is 0 Å². The van der Waals surface area contributed by atoms with Crippen LogP contribution in [0.2, 0.25) is 5.15 Å². The van der Waals surface area contributed by atoms with Crippen molar-refractivity contribution in [2.75, 3.05) is 0 Å². The topological polar surface area (TPSA) is 30.2 Å². The molecule has 0 unspecified atom stereocenters. The predicted molar refractivity (Wildman–Crippen MR) is 57.7 cm³/mol. The van der Waals surface area contributed by atoms with E-state index in [2.05, 4.69) is 26.0 Å². The maximum absolute atomic E-state index is 5.84. The van der Waals surface area contributed by atoms with Gasteiger partial charge >= 0.3 is 0 Å². The van der Waals surface area contributed by atoms with Gasteiger partial charge in [0.25, 0.3) is 0 Å². The fourth-order valence-electron chi connectivity index (χ4n) is 1.50. The lowest BCUT2D eigenvalue weighted by atomic mass is 10.3. The molecule has 1 aliphatic rings. The molecule has 0 radical (unpaired) electrons. The Bertz CT molecular complexity index is 504. The van der Waals surface area contributed by atoms with Gasteiger partial charge in [0, 0.05) is 5.92 Å². The van der Waals surface area contributed by atoms with Gasteiger partial charge in [-0.15, -0.1) is 0 Å². The molecule has 0 bridgehead atoms. The third-order valence-electron chi connectivity index (χ3n) is 2.36. The Kier molecular flexibility index (Phi) is 1.82. The first-order valence-electron chi connectivity index (χ1n) is 4.45. The summed E-state index contributed by atoms with van der Waals surface area (Å²) in [6.45, 7) is 0. The van der Waals surface area contributed by atoms with Crippen LogP contribution in [0.4, 0.5) is 0 Å². The third-order valence-corrected chi connectivity index (χ3v) is 3.13. The van der Waals surface area contributed by atoms with Crippen LogP contribution in [0.1, 0.15) is 24.5 Å². The minimum absolute atomic E-state index is 0.476. The molecule has 1 aliphatic carbocycles. The van der Waals surface area contributed by atoms with Gasteiger partial charge in [0.15, 0.2) is 10.8 Å². The lowest BCUT2D eigenvalue weighted by Crippen LogP contribution is -1.90. The van der Waals surface area contributed by atoms with E-state index in [-0.39, 0.29) is 0 Å². The average molecular weight is 273 g/mol. The normalized spacial score (nSPS) is 16.4. The molecule has 0 N–H and O–H groups in total. The Morgan fingerprint density at radius 3 is 3.00 bits per heavy atom. The summed E-state index contributed by atoms with van der Waals surface area (Å²) in [5.41, 5.74) is 1.97. The maximum Gasteiger partial charge on any atom is 0.168 e. The second kappa shape index (κ2) is 2.94. The molecular weight excluding hydrogens is 265 g/mol. The van der Waals surface area contributed by atoms with E-state index < -0.39 is 0 Å². The number of aromatic nitrogens is 3. The van der Waals surface area contributed by atoms with Crippen LogP contribution in [0.3, 0.4) is 0 Å². The van der Waals surface area contributed by atoms with Gasteiger partial charge in [-0.2, -0.15) is 5.10 Å². The van der Waals surface area contributed by atoms with Gasteiger partial charge in [0.1, 0.15) is 0 Å². The van der Waals surface area contributed by atoms with Crippen molar-refractivity contribution in [3.05, 3.63) is 27.6 Å². The molecule has 3 rings (SSSR count). The van der Waals surface area contributed by atoms with Gasteiger partial charge < -0.3 is 0 Å². The van der Waals surface area contributed by atoms with Crippen molar-refractivity contribution < 1.29 is 0 Å². The molecule has 5 heteroatoms. The van der Waals surface area contributed by atoms with E-state index in [9.17, 15) is 0 Å². The van der Waals surface area contributed by atoms with Crippen LogP contribution >= 0.6 is 27.5 Å². The van der Waals surface area contributed by atoms with Crippen LogP contribution in [-0.4, -0.2) is 14.6 Å². The van der Waals surface area contributed by atoms with E-state index in [1.165, 1.54) is 12.8 Å². The highest BCUT2D eigenvalue weighted by atomic mass is 79.9. The molecule has 0 atom stereocenters. The zero-order valence-electron chi connectivity index (χ0n) is 7.24. The summed E-state index contributed by atoms with van der Waals surface area (Å²) >= 11 is 9.26. The number of hydrogen-bond donors (Lipinski definition) is 0. The van der Waals surface area contributed by atoms with Crippen LogP contribution in [0, 0.1) is 0 Å². The van der Waals surface area contributed by atoms with Gasteiger partial charge in [-0.05, 0) is 34.8 Å². The van der Waals surface area contributed by atoms with Crippen molar-refractivity contribution in [1.29, 1.82) is 0 Å². The van der Waals surface area contributed by atoms with Crippen molar-refractivity contribution in [2.24, 2.45) is 0 Å². The molecule has 1 saturated carbocycles. The van der Waals surface area contributed by atoms with Gasteiger partial charge in [0.2, 0.25) is 0 Å². The molecule has 1 fully saturated rings. The highest BCUT2D eigenvalue weighted by Gasteiger charge is 2.26. The lowest BCUT2D eigenvalue weighted by molar-refractivity contribution is 0.927. The SMILES string of the molecule is Clc1cc(Br)c2nc(C3CC3)cn2n1. The van der Waals surface area contributed by atoms with Gasteiger partial charge in [-0.1, -0.05) is 11.6 Å². The fourth-order valence-corrected chi connectivity index (χ4v) is 2.31. The Balaban J connectivity index is 2.26. The molecule has 2 heterocycles. The molecule has 0 aromatic carbocycles. The second-order valence-corrected chi connectivity index (χ2v) is 4.76. The highest BCUT2D eigenvalue weighted by Crippen LogP contribution is 2.39. The van der Waals surface area contributed by atoms with E-state index in [4.69, 9.17) is 11.6 Å². The number of nitrogens with zero attached hydrogens (tertiary/aromatic N) is 3. The molecule has 3 nitrogen and oxygen atoms in total. The number of hydrogen-bond acceptors (Lipinski definition) is 2. The van der Waals surface area contributed by atoms with Crippen LogP contribution in [0.15, 0.2) is 16.7 Å². The number of fused-ring (bicyclic) bond motifs is 1. The summed E-state index contributed by atoms with van der Waals surface area (Å²) < 4.78 is 2.63. The molecule has 0 spiro atoms. The number of rotatable bonds is 1. The van der Waals surface area contributed by atoms with E-state index in [1.807, 2.05) is 6.20 Å². The zero-order chi connectivity index (χ0) is 9.71. The molecule has 0 aliphatic heterocycles. The molecule has 0 saturated heterocycles. The van der Waals surface area contributed by atoms with Crippen molar-refractivity contribution in [2.45, 2.75) is 18.8 Å². The molecule has 14 heavy (non-hydrogen) atoms. The minimum Gasteiger partial charge on any atom is -0.231 e. The third kappa shape index (κ3) is 1.33. The largest absolute Gasteiger partial charge is 0.231 e. The quantitative estimate of drug-likeness (QED) is 0.799. The average Bonchev–Trinajstić information content (AvgIpc) is 2.87. The van der Waals surface area contributed by atoms with Crippen molar-refractivity contribution in [1.82, 2.24) is 14.6 Å². The Hall–Kier alpha value is -0.610. The number of imidazole rings is 1. The minimum atomic E-state index is 0.476. The van der Waals surface area contributed by atoms with E-state index in [0.717, 1.165) is 15.8 Å². The molecule has 0 amide bonds. The lowest BCUT2D eigenvalue weighted by Gasteiger charge is -1.94. The first-order chi connectivity index (χ1) is 6.74. The first kappa shape index (κ1) is 8.68. The Morgan fingerprint density at radius 2 is 2.29 bits per heavy atom. The molecule has 72 valence electrons. The maximum atomic E-state index is 5.84. The van der Waals surface area contributed by atoms with E-state index in [0.29, 0.717) is 11.1 Å². The van der Waals surface area contributed by atoms with Crippen LogP contribution < -0.4 is 0 Å². The second-order valence-electron chi connectivity index (χ2n) is 3.52. The summed E-state index contributed by atoms with van der Waals surface area (Å²) in [5.74, 6) is 0.641. The summed E-state index contributed by atoms with van der Waals surface area (Å²) in [7, 11) is 0. The Labute approximate surface area is 94.2 Å². The standard InChI is InChI=1S/C9H7BrClN3/c10-6-3-8(11)13-14-4-7(5-1-2-5)12-9(6)14/h3-5H,1-2H2. The van der Waals surface area contributed by atoms with Crippen LogP contribution in [-0.2, 0) is 0 Å². The summed E-state index contributed by atoms with van der Waals surface area (Å²) in [6.07, 6.45) is 4.45. The highest BCUT2D eigenvalue weighted by molar-refractivity contribution is 9.10. The zero-order valence-corrected chi connectivity index (χ0v) is 9.59. The molecular formula is C9H7BrClN3.